The van der Waals surface area contributed by atoms with Crippen LogP contribution in [0.1, 0.15) is 76.2 Å². The zero-order chi connectivity index (χ0) is 25.1. The number of nitrogens with zero attached hydrogens (tertiary/aromatic N) is 1. The number of benzene rings is 1. The fraction of sp³-hybridized carbons (Fsp3) is 0.750. The van der Waals surface area contributed by atoms with Gasteiger partial charge in [0, 0.05) is 50.3 Å². The Kier molecular flexibility index (Phi) is 11.6. The maximum atomic E-state index is 13.4. The van der Waals surface area contributed by atoms with Crippen LogP contribution in [0.4, 0.5) is 4.79 Å². The molecule has 7 heteroatoms. The molecular formula is C28H46ClN3O3. The van der Waals surface area contributed by atoms with Crippen molar-refractivity contribution in [3.8, 4) is 0 Å². The molecule has 2 aliphatic rings. The van der Waals surface area contributed by atoms with Crippen molar-refractivity contribution in [1.29, 1.82) is 0 Å². The quantitative estimate of drug-likeness (QED) is 0.334. The fourth-order valence-corrected chi connectivity index (χ4v) is 6.26. The number of piperidine rings is 1. The lowest BCUT2D eigenvalue weighted by molar-refractivity contribution is -0.0564. The van der Waals surface area contributed by atoms with Crippen molar-refractivity contribution in [2.45, 2.75) is 82.3 Å². The maximum absolute atomic E-state index is 13.4. The summed E-state index contributed by atoms with van der Waals surface area (Å²) in [5.41, 5.74) is -0.176. The summed E-state index contributed by atoms with van der Waals surface area (Å²) in [6, 6.07) is 7.72. The highest BCUT2D eigenvalue weighted by atomic mass is 35.5. The number of halogens is 1. The molecule has 35 heavy (non-hydrogen) atoms. The van der Waals surface area contributed by atoms with Crippen LogP contribution in [0.25, 0.3) is 0 Å². The number of rotatable bonds is 12. The summed E-state index contributed by atoms with van der Waals surface area (Å²) in [6.45, 7) is 2.74. The van der Waals surface area contributed by atoms with E-state index in [0.29, 0.717) is 30.5 Å². The maximum Gasteiger partial charge on any atom is 0.317 e. The van der Waals surface area contributed by atoms with Gasteiger partial charge >= 0.3 is 6.03 Å². The predicted octanol–water partition coefficient (Wildman–Crippen LogP) is 5.32. The molecule has 198 valence electrons. The highest BCUT2D eigenvalue weighted by molar-refractivity contribution is 6.30. The third kappa shape index (κ3) is 8.34. The second-order valence-corrected chi connectivity index (χ2v) is 11.0. The number of ether oxygens (including phenoxy) is 1. The Morgan fingerprint density at radius 1 is 1.23 bits per heavy atom. The summed E-state index contributed by atoms with van der Waals surface area (Å²) in [7, 11) is 3.65. The van der Waals surface area contributed by atoms with Gasteiger partial charge in [-0.05, 0) is 69.2 Å². The van der Waals surface area contributed by atoms with Crippen LogP contribution < -0.4 is 10.6 Å². The number of amides is 2. The Bertz CT molecular complexity index is 774. The Balaban J connectivity index is 1.67. The molecular weight excluding hydrogens is 462 g/mol. The van der Waals surface area contributed by atoms with Crippen LogP contribution in [0.15, 0.2) is 24.3 Å². The van der Waals surface area contributed by atoms with Gasteiger partial charge in [-0.25, -0.2) is 4.79 Å². The molecule has 0 bridgehead atoms. The number of carbonyl (C=O) groups is 1. The van der Waals surface area contributed by atoms with Gasteiger partial charge in [-0.3, -0.25) is 0 Å². The minimum atomic E-state index is -1.02. The zero-order valence-corrected chi connectivity index (χ0v) is 22.5. The van der Waals surface area contributed by atoms with Crippen LogP contribution in [0, 0.1) is 11.8 Å². The van der Waals surface area contributed by atoms with Gasteiger partial charge in [0.15, 0.2) is 0 Å². The predicted molar refractivity (Wildman–Crippen MR) is 143 cm³/mol. The molecule has 0 radical (unpaired) electrons. The Labute approximate surface area is 217 Å². The number of nitrogens with one attached hydrogen (secondary N) is 2. The number of aliphatic hydroxyl groups is 1. The first kappa shape index (κ1) is 28.2. The van der Waals surface area contributed by atoms with Crippen LogP contribution >= 0.6 is 11.6 Å². The number of methoxy groups -OCH3 is 1. The molecule has 0 spiro atoms. The molecule has 2 fully saturated rings. The average Bonchev–Trinajstić information content (AvgIpc) is 2.87. The van der Waals surface area contributed by atoms with E-state index < -0.39 is 5.60 Å². The number of unbranched alkanes of at least 4 members (excludes halogenated alkanes) is 1. The second-order valence-electron chi connectivity index (χ2n) is 10.6. The lowest BCUT2D eigenvalue weighted by Crippen LogP contribution is -2.54. The molecule has 1 heterocycles. The largest absolute Gasteiger partial charge is 0.385 e. The van der Waals surface area contributed by atoms with Crippen LogP contribution in [-0.4, -0.2) is 62.5 Å². The molecule has 1 aliphatic heterocycles. The molecule has 1 saturated carbocycles. The second kappa shape index (κ2) is 14.4. The van der Waals surface area contributed by atoms with Crippen molar-refractivity contribution < 1.29 is 14.6 Å². The monoisotopic (exact) mass is 507 g/mol. The van der Waals surface area contributed by atoms with Crippen molar-refractivity contribution in [1.82, 2.24) is 15.5 Å². The van der Waals surface area contributed by atoms with E-state index in [4.69, 9.17) is 16.3 Å². The minimum absolute atomic E-state index is 0.00131. The van der Waals surface area contributed by atoms with E-state index in [2.05, 4.69) is 10.6 Å². The standard InChI is InChI=1S/C28H46ClN3O3/c1-30-20-26(18-22-10-4-3-5-11-22)31-27(33)32-16-9-13-24(21-32)28(34,15-6-7-17-35-2)23-12-8-14-25(29)19-23/h8,12,14,19,22,24,26,30,34H,3-7,9-11,13,15-18,20-21H2,1-2H3,(H,31,33). The SMILES string of the molecule is CNCC(CC1CCCCC1)NC(=O)N1CCCC(C(O)(CCCCOC)c2cccc(Cl)c2)C1. The van der Waals surface area contributed by atoms with Gasteiger partial charge in [-0.2, -0.15) is 0 Å². The van der Waals surface area contributed by atoms with E-state index >= 15 is 0 Å². The number of hydrogen-bond donors (Lipinski definition) is 3. The van der Waals surface area contributed by atoms with E-state index in [1.165, 1.54) is 32.1 Å². The van der Waals surface area contributed by atoms with Crippen LogP contribution in [0.2, 0.25) is 5.02 Å². The summed E-state index contributed by atoms with van der Waals surface area (Å²) in [4.78, 5) is 15.3. The molecule has 3 rings (SSSR count). The molecule has 3 atom stereocenters. The lowest BCUT2D eigenvalue weighted by atomic mass is 9.74. The van der Waals surface area contributed by atoms with E-state index in [1.807, 2.05) is 36.2 Å². The van der Waals surface area contributed by atoms with Crippen molar-refractivity contribution in [2.24, 2.45) is 11.8 Å². The first-order valence-electron chi connectivity index (χ1n) is 13.6. The summed E-state index contributed by atoms with van der Waals surface area (Å²) in [5, 5.41) is 19.3. The van der Waals surface area contributed by atoms with Crippen molar-refractivity contribution in [3.63, 3.8) is 0 Å². The molecule has 2 amide bonds. The molecule has 3 N–H and O–H groups in total. The molecule has 0 aromatic heterocycles. The Hall–Kier alpha value is -1.34. The number of likely N-dealkylation sites (N-methyl/N-ethyl adjacent to an activating group) is 1. The van der Waals surface area contributed by atoms with Crippen LogP contribution in [0.5, 0.6) is 0 Å². The van der Waals surface area contributed by atoms with Gasteiger partial charge in [-0.1, -0.05) is 55.8 Å². The molecule has 1 aromatic rings. The Morgan fingerprint density at radius 2 is 2.03 bits per heavy atom. The van der Waals surface area contributed by atoms with E-state index in [0.717, 1.165) is 50.8 Å². The lowest BCUT2D eigenvalue weighted by Gasteiger charge is -2.43. The number of hydrogen-bond acceptors (Lipinski definition) is 4. The normalized spacial score (nSPS) is 21.9. The molecule has 1 saturated heterocycles. The van der Waals surface area contributed by atoms with Gasteiger partial charge in [0.2, 0.25) is 0 Å². The number of urea groups is 1. The Morgan fingerprint density at radius 3 is 2.74 bits per heavy atom. The van der Waals surface area contributed by atoms with Gasteiger partial charge in [0.1, 0.15) is 0 Å². The van der Waals surface area contributed by atoms with Crippen molar-refractivity contribution >= 4 is 17.6 Å². The zero-order valence-electron chi connectivity index (χ0n) is 21.7. The van der Waals surface area contributed by atoms with E-state index in [-0.39, 0.29) is 18.0 Å². The third-order valence-corrected chi connectivity index (χ3v) is 8.22. The molecule has 3 unspecified atom stereocenters. The van der Waals surface area contributed by atoms with E-state index in [1.54, 1.807) is 7.11 Å². The fourth-order valence-electron chi connectivity index (χ4n) is 6.07. The summed E-state index contributed by atoms with van der Waals surface area (Å²) >= 11 is 6.31. The first-order chi connectivity index (χ1) is 17.0. The minimum Gasteiger partial charge on any atom is -0.385 e. The smallest absolute Gasteiger partial charge is 0.317 e. The molecule has 1 aliphatic carbocycles. The number of carbonyl (C=O) groups excluding carboxylic acids is 1. The van der Waals surface area contributed by atoms with E-state index in [9.17, 15) is 9.90 Å². The highest BCUT2D eigenvalue weighted by Crippen LogP contribution is 2.40. The van der Waals surface area contributed by atoms with Crippen LogP contribution in [-0.2, 0) is 10.3 Å². The number of likely N-dealkylation sites (tertiary alicyclic amines) is 1. The highest BCUT2D eigenvalue weighted by Gasteiger charge is 2.41. The van der Waals surface area contributed by atoms with Gasteiger partial charge < -0.3 is 25.4 Å². The van der Waals surface area contributed by atoms with Crippen molar-refractivity contribution in [2.75, 3.05) is 40.4 Å². The first-order valence-corrected chi connectivity index (χ1v) is 14.0. The van der Waals surface area contributed by atoms with Crippen molar-refractivity contribution in [3.05, 3.63) is 34.9 Å². The third-order valence-electron chi connectivity index (χ3n) is 7.99. The topological polar surface area (TPSA) is 73.8 Å². The molecule has 6 nitrogen and oxygen atoms in total. The average molecular weight is 508 g/mol. The molecule has 1 aromatic carbocycles. The van der Waals surface area contributed by atoms with Gasteiger partial charge in [0.25, 0.3) is 0 Å². The summed E-state index contributed by atoms with van der Waals surface area (Å²) in [6.07, 6.45) is 11.7. The summed E-state index contributed by atoms with van der Waals surface area (Å²) in [5.74, 6) is 0.667. The summed E-state index contributed by atoms with van der Waals surface area (Å²) < 4.78 is 5.22. The van der Waals surface area contributed by atoms with Gasteiger partial charge in [-0.15, -0.1) is 0 Å². The van der Waals surface area contributed by atoms with Crippen LogP contribution in [0.3, 0.4) is 0 Å². The van der Waals surface area contributed by atoms with Gasteiger partial charge in [0.05, 0.1) is 5.60 Å².